The number of rotatable bonds is 4. The standard InChI is InChI=1S/C23H28ClN3O/c24-21-14-17(19-6-4-12-26-16-19)9-10-18(21)15-23(25)11-5-13-27(22(23)28)20-7-2-1-3-8-20/h4,6,9-10,12,14,16,20H,1-3,5,7-8,11,13,15,25H2. The van der Waals surface area contributed by atoms with Gasteiger partial charge in [-0.05, 0) is 48.9 Å². The van der Waals surface area contributed by atoms with Crippen molar-refractivity contribution < 1.29 is 4.79 Å². The third kappa shape index (κ3) is 3.94. The van der Waals surface area contributed by atoms with Crippen molar-refractivity contribution in [3.05, 3.63) is 53.3 Å². The Hall–Kier alpha value is -1.91. The topological polar surface area (TPSA) is 59.2 Å². The Bertz CT molecular complexity index is 835. The molecular weight excluding hydrogens is 370 g/mol. The molecule has 2 aliphatic rings. The largest absolute Gasteiger partial charge is 0.338 e. The van der Waals surface area contributed by atoms with Crippen LogP contribution in [0.25, 0.3) is 11.1 Å². The number of hydrogen-bond donors (Lipinski definition) is 1. The quantitative estimate of drug-likeness (QED) is 0.820. The van der Waals surface area contributed by atoms with E-state index in [1.165, 1.54) is 19.3 Å². The monoisotopic (exact) mass is 397 g/mol. The normalized spacial score (nSPS) is 23.8. The fourth-order valence-corrected chi connectivity index (χ4v) is 4.96. The summed E-state index contributed by atoms with van der Waals surface area (Å²) in [7, 11) is 0. The predicted molar refractivity (Wildman–Crippen MR) is 113 cm³/mol. The van der Waals surface area contributed by atoms with Crippen LogP contribution in [0.1, 0.15) is 50.5 Å². The fourth-order valence-electron chi connectivity index (χ4n) is 4.71. The lowest BCUT2D eigenvalue weighted by molar-refractivity contribution is -0.143. The van der Waals surface area contributed by atoms with Crippen LogP contribution < -0.4 is 5.73 Å². The maximum atomic E-state index is 13.3. The van der Waals surface area contributed by atoms with Crippen molar-refractivity contribution in [3.63, 3.8) is 0 Å². The van der Waals surface area contributed by atoms with Crippen LogP contribution in [0.5, 0.6) is 0 Å². The van der Waals surface area contributed by atoms with Crippen LogP contribution in [-0.2, 0) is 11.2 Å². The zero-order valence-corrected chi connectivity index (χ0v) is 17.0. The first-order valence-corrected chi connectivity index (χ1v) is 10.7. The lowest BCUT2D eigenvalue weighted by Gasteiger charge is -2.44. The van der Waals surface area contributed by atoms with Gasteiger partial charge >= 0.3 is 0 Å². The molecule has 5 heteroatoms. The molecular formula is C23H28ClN3O. The molecule has 1 aliphatic carbocycles. The van der Waals surface area contributed by atoms with E-state index in [-0.39, 0.29) is 5.91 Å². The molecule has 4 rings (SSSR count). The molecule has 1 aromatic heterocycles. The molecule has 2 heterocycles. The van der Waals surface area contributed by atoms with Crippen LogP contribution in [0, 0.1) is 0 Å². The van der Waals surface area contributed by atoms with Gasteiger partial charge in [0.25, 0.3) is 0 Å². The number of carbonyl (C=O) groups is 1. The molecule has 28 heavy (non-hydrogen) atoms. The van der Waals surface area contributed by atoms with Crippen molar-refractivity contribution in [1.29, 1.82) is 0 Å². The molecule has 0 bridgehead atoms. The molecule has 1 amide bonds. The van der Waals surface area contributed by atoms with Crippen molar-refractivity contribution in [3.8, 4) is 11.1 Å². The Morgan fingerprint density at radius 3 is 2.68 bits per heavy atom. The molecule has 2 aromatic rings. The Kier molecular flexibility index (Phi) is 5.70. The number of carbonyl (C=O) groups excluding carboxylic acids is 1. The van der Waals surface area contributed by atoms with Crippen LogP contribution in [-0.4, -0.2) is 33.9 Å². The molecule has 1 atom stereocenters. The van der Waals surface area contributed by atoms with E-state index < -0.39 is 5.54 Å². The van der Waals surface area contributed by atoms with E-state index in [1.54, 1.807) is 6.20 Å². The second-order valence-electron chi connectivity index (χ2n) is 8.27. The number of nitrogens with two attached hydrogens (primary N) is 1. The Labute approximate surface area is 172 Å². The van der Waals surface area contributed by atoms with Crippen LogP contribution in [0.2, 0.25) is 5.02 Å². The summed E-state index contributed by atoms with van der Waals surface area (Å²) in [5.74, 6) is 0.109. The number of halogens is 1. The Morgan fingerprint density at radius 1 is 1.14 bits per heavy atom. The lowest BCUT2D eigenvalue weighted by Crippen LogP contribution is -2.62. The van der Waals surface area contributed by atoms with Crippen LogP contribution in [0.15, 0.2) is 42.7 Å². The van der Waals surface area contributed by atoms with E-state index in [1.807, 2.05) is 36.5 Å². The van der Waals surface area contributed by atoms with Crippen molar-refractivity contribution >= 4 is 17.5 Å². The van der Waals surface area contributed by atoms with Gasteiger partial charge < -0.3 is 10.6 Å². The van der Waals surface area contributed by atoms with Gasteiger partial charge in [-0.2, -0.15) is 0 Å². The minimum Gasteiger partial charge on any atom is -0.338 e. The zero-order chi connectivity index (χ0) is 19.6. The summed E-state index contributed by atoms with van der Waals surface area (Å²) < 4.78 is 0. The maximum absolute atomic E-state index is 13.3. The second-order valence-corrected chi connectivity index (χ2v) is 8.68. The summed E-state index contributed by atoms with van der Waals surface area (Å²) >= 11 is 6.59. The van der Waals surface area contributed by atoms with Gasteiger partial charge in [0.15, 0.2) is 0 Å². The molecule has 1 unspecified atom stereocenters. The second kappa shape index (κ2) is 8.22. The zero-order valence-electron chi connectivity index (χ0n) is 16.2. The minimum atomic E-state index is -0.852. The summed E-state index contributed by atoms with van der Waals surface area (Å²) in [5, 5.41) is 0.661. The lowest BCUT2D eigenvalue weighted by atomic mass is 9.81. The third-order valence-electron chi connectivity index (χ3n) is 6.28. The highest BCUT2D eigenvalue weighted by atomic mass is 35.5. The fraction of sp³-hybridized carbons (Fsp3) is 0.478. The van der Waals surface area contributed by atoms with E-state index in [0.717, 1.165) is 48.9 Å². The summed E-state index contributed by atoms with van der Waals surface area (Å²) in [6.07, 6.45) is 11.7. The van der Waals surface area contributed by atoms with E-state index >= 15 is 0 Å². The van der Waals surface area contributed by atoms with Gasteiger partial charge in [0.05, 0.1) is 5.54 Å². The number of amides is 1. The van der Waals surface area contributed by atoms with Gasteiger partial charge in [0.2, 0.25) is 5.91 Å². The number of piperidine rings is 1. The van der Waals surface area contributed by atoms with Crippen LogP contribution in [0.4, 0.5) is 0 Å². The van der Waals surface area contributed by atoms with Gasteiger partial charge in [0, 0.05) is 42.0 Å². The van der Waals surface area contributed by atoms with Gasteiger partial charge in [-0.3, -0.25) is 9.78 Å². The minimum absolute atomic E-state index is 0.109. The van der Waals surface area contributed by atoms with Gasteiger partial charge in [0.1, 0.15) is 0 Å². The summed E-state index contributed by atoms with van der Waals surface area (Å²) in [6, 6.07) is 10.3. The molecule has 148 valence electrons. The van der Waals surface area contributed by atoms with Crippen molar-refractivity contribution in [2.45, 2.75) is 62.9 Å². The number of benzene rings is 1. The smallest absolute Gasteiger partial charge is 0.243 e. The molecule has 1 aromatic carbocycles. The van der Waals surface area contributed by atoms with Gasteiger partial charge in [-0.1, -0.05) is 49.1 Å². The maximum Gasteiger partial charge on any atom is 0.243 e. The number of nitrogens with zero attached hydrogens (tertiary/aromatic N) is 2. The van der Waals surface area contributed by atoms with E-state index in [2.05, 4.69) is 9.88 Å². The summed E-state index contributed by atoms with van der Waals surface area (Å²) in [4.78, 5) is 19.5. The highest BCUT2D eigenvalue weighted by Gasteiger charge is 2.43. The first-order chi connectivity index (χ1) is 13.6. The molecule has 1 saturated heterocycles. The van der Waals surface area contributed by atoms with Crippen molar-refractivity contribution in [2.24, 2.45) is 5.73 Å². The summed E-state index contributed by atoms with van der Waals surface area (Å²) in [5.41, 5.74) is 8.82. The predicted octanol–water partition coefficient (Wildman–Crippen LogP) is 4.60. The van der Waals surface area contributed by atoms with Crippen LogP contribution in [0.3, 0.4) is 0 Å². The Balaban J connectivity index is 1.53. The van der Waals surface area contributed by atoms with Gasteiger partial charge in [-0.15, -0.1) is 0 Å². The van der Waals surface area contributed by atoms with Crippen molar-refractivity contribution in [2.75, 3.05) is 6.54 Å². The van der Waals surface area contributed by atoms with E-state index in [4.69, 9.17) is 17.3 Å². The van der Waals surface area contributed by atoms with Gasteiger partial charge in [-0.25, -0.2) is 0 Å². The number of pyridine rings is 1. The molecule has 1 aliphatic heterocycles. The molecule has 0 radical (unpaired) electrons. The van der Waals surface area contributed by atoms with Crippen LogP contribution >= 0.6 is 11.6 Å². The molecule has 4 nitrogen and oxygen atoms in total. The highest BCUT2D eigenvalue weighted by molar-refractivity contribution is 6.31. The summed E-state index contributed by atoms with van der Waals surface area (Å²) in [6.45, 7) is 0.843. The Morgan fingerprint density at radius 2 is 1.96 bits per heavy atom. The van der Waals surface area contributed by atoms with Crippen molar-refractivity contribution in [1.82, 2.24) is 9.88 Å². The number of aromatic nitrogens is 1. The first-order valence-electron chi connectivity index (χ1n) is 10.4. The average Bonchev–Trinajstić information content (AvgIpc) is 2.73. The SMILES string of the molecule is NC1(Cc2ccc(-c3cccnc3)cc2Cl)CCCN(C2CCCCC2)C1=O. The highest BCUT2D eigenvalue weighted by Crippen LogP contribution is 2.33. The third-order valence-corrected chi connectivity index (χ3v) is 6.63. The molecule has 0 spiro atoms. The molecule has 1 saturated carbocycles. The number of hydrogen-bond acceptors (Lipinski definition) is 3. The van der Waals surface area contributed by atoms with E-state index in [9.17, 15) is 4.79 Å². The molecule has 2 fully saturated rings. The van der Waals surface area contributed by atoms with E-state index in [0.29, 0.717) is 17.5 Å². The average molecular weight is 398 g/mol. The first kappa shape index (κ1) is 19.4. The molecule has 2 N–H and O–H groups in total. The number of likely N-dealkylation sites (tertiary alicyclic amines) is 1.